The van der Waals surface area contributed by atoms with Crippen molar-refractivity contribution in [3.63, 3.8) is 0 Å². The molecule has 1 heterocycles. The molecule has 0 radical (unpaired) electrons. The molecule has 2 amide bonds. The monoisotopic (exact) mass is 660 g/mol. The molecule has 1 fully saturated rings. The van der Waals surface area contributed by atoms with Crippen LogP contribution in [0.5, 0.6) is 11.5 Å². The number of imide groups is 1. The number of hydrogen-bond acceptors (Lipinski definition) is 8. The van der Waals surface area contributed by atoms with Crippen LogP contribution in [0.2, 0.25) is 0 Å². The second kappa shape index (κ2) is 14.7. The molecule has 2 aliphatic rings. The number of fused-ring (bicyclic) bond motifs is 1. The van der Waals surface area contributed by atoms with E-state index in [9.17, 15) is 35.0 Å². The van der Waals surface area contributed by atoms with Crippen molar-refractivity contribution in [1.29, 1.82) is 0 Å². The summed E-state index contributed by atoms with van der Waals surface area (Å²) < 4.78 is 6.10. The third-order valence-electron chi connectivity index (χ3n) is 9.24. The summed E-state index contributed by atoms with van der Waals surface area (Å²) >= 11 is 0. The largest absolute Gasteiger partial charge is 0.508 e. The molecular weight excluding hydrogens is 624 g/mol. The summed E-state index contributed by atoms with van der Waals surface area (Å²) in [5.74, 6) is -3.08. The Morgan fingerprint density at radius 1 is 0.939 bits per heavy atom. The standard InChI is InChI=1S/C39H36N2O8/c42-23-34-36(35(44)18-17-27(26-10-3-1-4-11-26)19-25-9-7-14-31(43)20-25)28(24-49-32-15-5-2-6-16-32)21-33-37(34)39(46)40(38(33)45)29-12-8-13-30(22-29)41(47)48/h1-16,19-20,22,33-35,37,42-44H,17-18,21,23-24H2/b27-19-/t33-,34+,35-,37-/m1/s1. The second-order valence-electron chi connectivity index (χ2n) is 12.3. The zero-order valence-electron chi connectivity index (χ0n) is 26.6. The number of aliphatic hydroxyl groups excluding tert-OH is 2. The van der Waals surface area contributed by atoms with Gasteiger partial charge in [0.25, 0.3) is 5.69 Å². The van der Waals surface area contributed by atoms with Gasteiger partial charge in [-0.05, 0) is 77.4 Å². The van der Waals surface area contributed by atoms with Gasteiger partial charge in [-0.15, -0.1) is 0 Å². The van der Waals surface area contributed by atoms with E-state index in [0.29, 0.717) is 23.3 Å². The zero-order valence-corrected chi connectivity index (χ0v) is 26.6. The number of ether oxygens (including phenoxy) is 1. The van der Waals surface area contributed by atoms with Gasteiger partial charge in [0.05, 0.1) is 35.2 Å². The molecule has 0 saturated carbocycles. The number of rotatable bonds is 12. The Labute approximate surface area is 283 Å². The normalized spacial score (nSPS) is 19.9. The fourth-order valence-corrected chi connectivity index (χ4v) is 6.99. The number of carbonyl (C=O) groups is 2. The average Bonchev–Trinajstić information content (AvgIpc) is 3.37. The highest BCUT2D eigenvalue weighted by Crippen LogP contribution is 2.48. The molecule has 1 aliphatic carbocycles. The van der Waals surface area contributed by atoms with Crippen molar-refractivity contribution in [1.82, 2.24) is 0 Å². The molecular formula is C39H36N2O8. The van der Waals surface area contributed by atoms with Crippen LogP contribution in [0.1, 0.15) is 30.4 Å². The first kappa shape index (κ1) is 33.3. The average molecular weight is 661 g/mol. The van der Waals surface area contributed by atoms with E-state index < -0.39 is 47.2 Å². The number of nitrogens with zero attached hydrogens (tertiary/aromatic N) is 2. The summed E-state index contributed by atoms with van der Waals surface area (Å²) in [4.78, 5) is 39.7. The predicted molar refractivity (Wildman–Crippen MR) is 184 cm³/mol. The van der Waals surface area contributed by atoms with Crippen LogP contribution in [0.3, 0.4) is 0 Å². The van der Waals surface area contributed by atoms with Crippen LogP contribution < -0.4 is 9.64 Å². The number of aliphatic hydroxyl groups is 2. The third kappa shape index (κ3) is 7.15. The lowest BCUT2D eigenvalue weighted by Gasteiger charge is -2.36. The summed E-state index contributed by atoms with van der Waals surface area (Å²) in [6, 6.07) is 31.0. The highest BCUT2D eigenvalue weighted by Gasteiger charge is 2.55. The minimum Gasteiger partial charge on any atom is -0.508 e. The van der Waals surface area contributed by atoms with Crippen LogP contribution in [-0.4, -0.2) is 51.4 Å². The molecule has 250 valence electrons. The summed E-state index contributed by atoms with van der Waals surface area (Å²) in [5, 5.41) is 44.3. The Kier molecular flexibility index (Phi) is 9.98. The molecule has 10 nitrogen and oxygen atoms in total. The van der Waals surface area contributed by atoms with Crippen molar-refractivity contribution in [3.8, 4) is 11.5 Å². The van der Waals surface area contributed by atoms with Gasteiger partial charge in [0.1, 0.15) is 18.1 Å². The minimum absolute atomic E-state index is 0.0269. The van der Waals surface area contributed by atoms with E-state index in [1.807, 2.05) is 60.7 Å². The number of non-ortho nitro benzene ring substituents is 1. The maximum Gasteiger partial charge on any atom is 0.271 e. The number of allylic oxidation sites excluding steroid dienone is 1. The number of amides is 2. The zero-order chi connectivity index (χ0) is 34.5. The van der Waals surface area contributed by atoms with E-state index in [0.717, 1.165) is 21.6 Å². The SMILES string of the molecule is O=C1[C@@H]2[C@@H](CC(COc3ccccc3)=C([C@H](O)CC/C(=C/c3cccc(O)c3)c3ccccc3)[C@@H]2CO)C(=O)N1c1cccc([N+](=O)[O-])c1. The number of para-hydroxylation sites is 1. The molecule has 3 N–H and O–H groups in total. The van der Waals surface area contributed by atoms with Gasteiger partial charge >= 0.3 is 0 Å². The molecule has 0 bridgehead atoms. The van der Waals surface area contributed by atoms with Crippen LogP contribution in [-0.2, 0) is 9.59 Å². The molecule has 6 rings (SSSR count). The second-order valence-corrected chi connectivity index (χ2v) is 12.3. The Hall–Kier alpha value is -5.58. The number of nitro groups is 1. The van der Waals surface area contributed by atoms with E-state index in [2.05, 4.69) is 0 Å². The smallest absolute Gasteiger partial charge is 0.271 e. The highest BCUT2D eigenvalue weighted by atomic mass is 16.6. The Balaban J connectivity index is 1.34. The molecule has 0 spiro atoms. The van der Waals surface area contributed by atoms with Crippen LogP contribution in [0.4, 0.5) is 11.4 Å². The van der Waals surface area contributed by atoms with Gasteiger partial charge < -0.3 is 20.1 Å². The van der Waals surface area contributed by atoms with Crippen LogP contribution in [0.15, 0.2) is 120 Å². The number of benzene rings is 4. The number of phenols is 1. The van der Waals surface area contributed by atoms with Gasteiger partial charge in [-0.25, -0.2) is 4.90 Å². The van der Waals surface area contributed by atoms with E-state index >= 15 is 0 Å². The minimum atomic E-state index is -1.10. The maximum atomic E-state index is 14.0. The Morgan fingerprint density at radius 3 is 2.35 bits per heavy atom. The lowest BCUT2D eigenvalue weighted by Crippen LogP contribution is -2.40. The van der Waals surface area contributed by atoms with Crippen molar-refractivity contribution in [2.45, 2.75) is 25.4 Å². The molecule has 49 heavy (non-hydrogen) atoms. The first-order valence-electron chi connectivity index (χ1n) is 16.1. The van der Waals surface area contributed by atoms with E-state index in [1.54, 1.807) is 30.3 Å². The van der Waals surface area contributed by atoms with E-state index in [4.69, 9.17) is 4.74 Å². The van der Waals surface area contributed by atoms with Gasteiger partial charge in [-0.2, -0.15) is 0 Å². The lowest BCUT2D eigenvalue weighted by molar-refractivity contribution is -0.384. The van der Waals surface area contributed by atoms with Gasteiger partial charge in [-0.3, -0.25) is 19.7 Å². The molecule has 1 aliphatic heterocycles. The molecule has 4 aromatic carbocycles. The maximum absolute atomic E-state index is 14.0. The van der Waals surface area contributed by atoms with Gasteiger partial charge in [-0.1, -0.05) is 72.8 Å². The van der Waals surface area contributed by atoms with E-state index in [1.165, 1.54) is 24.3 Å². The van der Waals surface area contributed by atoms with Crippen molar-refractivity contribution in [3.05, 3.63) is 142 Å². The predicted octanol–water partition coefficient (Wildman–Crippen LogP) is 6.18. The number of aromatic hydroxyl groups is 1. The van der Waals surface area contributed by atoms with Crippen molar-refractivity contribution < 1.29 is 34.6 Å². The fourth-order valence-electron chi connectivity index (χ4n) is 6.99. The molecule has 0 aromatic heterocycles. The van der Waals surface area contributed by atoms with Crippen LogP contribution in [0.25, 0.3) is 11.6 Å². The molecule has 10 heteroatoms. The summed E-state index contributed by atoms with van der Waals surface area (Å²) in [6.07, 6.45) is 1.61. The number of hydrogen-bond donors (Lipinski definition) is 3. The molecule has 0 unspecified atom stereocenters. The Bertz CT molecular complexity index is 1910. The topological polar surface area (TPSA) is 150 Å². The van der Waals surface area contributed by atoms with Crippen molar-refractivity contribution >= 4 is 34.8 Å². The highest BCUT2D eigenvalue weighted by molar-refractivity contribution is 6.22. The van der Waals surface area contributed by atoms with Crippen molar-refractivity contribution in [2.75, 3.05) is 18.1 Å². The van der Waals surface area contributed by atoms with E-state index in [-0.39, 0.29) is 36.6 Å². The van der Waals surface area contributed by atoms with Crippen LogP contribution >= 0.6 is 0 Å². The third-order valence-corrected chi connectivity index (χ3v) is 9.24. The number of anilines is 1. The molecule has 4 aromatic rings. The number of phenolic OH excluding ortho intramolecular Hbond substituents is 1. The number of carbonyl (C=O) groups excluding carboxylic acids is 2. The first-order valence-corrected chi connectivity index (χ1v) is 16.1. The van der Waals surface area contributed by atoms with Gasteiger partial charge in [0.15, 0.2) is 0 Å². The molecule has 4 atom stereocenters. The fraction of sp³-hybridized carbons (Fsp3) is 0.231. The molecule has 1 saturated heterocycles. The van der Waals surface area contributed by atoms with Crippen LogP contribution in [0, 0.1) is 27.9 Å². The quantitative estimate of drug-likeness (QED) is 0.0537. The summed E-state index contributed by atoms with van der Waals surface area (Å²) in [7, 11) is 0. The summed E-state index contributed by atoms with van der Waals surface area (Å²) in [5.41, 5.74) is 3.55. The van der Waals surface area contributed by atoms with Crippen molar-refractivity contribution in [2.24, 2.45) is 17.8 Å². The summed E-state index contributed by atoms with van der Waals surface area (Å²) in [6.45, 7) is -0.478. The Morgan fingerprint density at radius 2 is 1.65 bits per heavy atom. The lowest BCUT2D eigenvalue weighted by atomic mass is 9.68. The van der Waals surface area contributed by atoms with Gasteiger partial charge in [0.2, 0.25) is 11.8 Å². The first-order chi connectivity index (χ1) is 23.7. The van der Waals surface area contributed by atoms with Gasteiger partial charge in [0, 0.05) is 18.1 Å². The number of nitro benzene ring substituents is 1.